The minimum atomic E-state index is -0.183. The van der Waals surface area contributed by atoms with Gasteiger partial charge in [-0.2, -0.15) is 0 Å². The van der Waals surface area contributed by atoms with E-state index in [0.717, 1.165) is 35.7 Å². The van der Waals surface area contributed by atoms with Gasteiger partial charge >= 0.3 is 0 Å². The van der Waals surface area contributed by atoms with Gasteiger partial charge < -0.3 is 10.4 Å². The van der Waals surface area contributed by atoms with Crippen LogP contribution in [0, 0.1) is 0 Å². The van der Waals surface area contributed by atoms with E-state index in [-0.39, 0.29) is 12.1 Å². The fourth-order valence-electron chi connectivity index (χ4n) is 2.61. The van der Waals surface area contributed by atoms with Crippen LogP contribution in [0.2, 0.25) is 5.02 Å². The average molecular weight is 251 g/mol. The summed E-state index contributed by atoms with van der Waals surface area (Å²) in [5.74, 6) is 0.914. The molecular weight excluding hydrogens is 236 g/mol. The zero-order valence-corrected chi connectivity index (χ0v) is 10.2. The Hall–Kier alpha value is -1.06. The Balaban J connectivity index is 1.82. The number of halogens is 1. The number of nitrogens with one attached hydrogen (secondary N) is 1. The Morgan fingerprint density at radius 3 is 3.06 bits per heavy atom. The van der Waals surface area contributed by atoms with E-state index in [1.165, 1.54) is 0 Å². The first kappa shape index (κ1) is 11.1. The van der Waals surface area contributed by atoms with Gasteiger partial charge in [0, 0.05) is 10.6 Å². The normalized spacial score (nSPS) is 31.6. The van der Waals surface area contributed by atoms with Crippen molar-refractivity contribution in [3.8, 4) is 0 Å². The number of aliphatic hydroxyl groups is 1. The molecule has 1 fully saturated rings. The van der Waals surface area contributed by atoms with E-state index < -0.39 is 0 Å². The molecule has 3 atom stereocenters. The van der Waals surface area contributed by atoms with Crippen molar-refractivity contribution in [2.75, 3.05) is 0 Å². The van der Waals surface area contributed by atoms with Gasteiger partial charge in [0.1, 0.15) is 5.84 Å². The zero-order chi connectivity index (χ0) is 11.8. The number of aliphatic imine (C=N–C) groups is 1. The highest BCUT2D eigenvalue weighted by Crippen LogP contribution is 2.26. The molecule has 3 unspecified atom stereocenters. The fraction of sp³-hybridized carbons (Fsp3) is 0.462. The number of rotatable bonds is 1. The number of hydrogen-bond acceptors (Lipinski definition) is 3. The maximum atomic E-state index is 9.65. The summed E-state index contributed by atoms with van der Waals surface area (Å²) in [6, 6.07) is 8.31. The molecule has 0 amide bonds. The van der Waals surface area contributed by atoms with E-state index in [4.69, 9.17) is 16.6 Å². The molecule has 2 aliphatic rings. The number of nitrogens with zero attached hydrogens (tertiary/aromatic N) is 1. The summed E-state index contributed by atoms with van der Waals surface area (Å²) in [6.45, 7) is 0. The third-order valence-corrected chi connectivity index (χ3v) is 3.74. The van der Waals surface area contributed by atoms with Gasteiger partial charge in [0.25, 0.3) is 0 Å². The molecule has 3 nitrogen and oxygen atoms in total. The Bertz CT molecular complexity index is 460. The largest absolute Gasteiger partial charge is 0.393 e. The monoisotopic (exact) mass is 250 g/mol. The van der Waals surface area contributed by atoms with Crippen LogP contribution in [0.1, 0.15) is 24.8 Å². The lowest BCUT2D eigenvalue weighted by Crippen LogP contribution is -2.41. The van der Waals surface area contributed by atoms with Crippen molar-refractivity contribution in [3.05, 3.63) is 34.9 Å². The smallest absolute Gasteiger partial charge is 0.128 e. The van der Waals surface area contributed by atoms with Crippen molar-refractivity contribution in [2.24, 2.45) is 4.99 Å². The predicted octanol–water partition coefficient (Wildman–Crippen LogP) is 1.97. The molecule has 1 saturated carbocycles. The van der Waals surface area contributed by atoms with Gasteiger partial charge in [0.15, 0.2) is 0 Å². The van der Waals surface area contributed by atoms with Crippen molar-refractivity contribution in [1.29, 1.82) is 0 Å². The molecular formula is C13H15ClN2O. The average Bonchev–Trinajstić information content (AvgIpc) is 2.72. The molecule has 2 N–H and O–H groups in total. The second-order valence-corrected chi connectivity index (χ2v) is 5.21. The molecule has 1 heterocycles. The molecule has 1 aliphatic heterocycles. The van der Waals surface area contributed by atoms with Crippen molar-refractivity contribution >= 4 is 17.4 Å². The lowest BCUT2D eigenvalue weighted by Gasteiger charge is -2.27. The maximum Gasteiger partial charge on any atom is 0.128 e. The summed E-state index contributed by atoms with van der Waals surface area (Å²) in [7, 11) is 0. The van der Waals surface area contributed by atoms with Crippen LogP contribution in [0.5, 0.6) is 0 Å². The zero-order valence-electron chi connectivity index (χ0n) is 9.44. The van der Waals surface area contributed by atoms with Crippen LogP contribution < -0.4 is 5.32 Å². The molecule has 0 saturated heterocycles. The summed E-state index contributed by atoms with van der Waals surface area (Å²) in [5, 5.41) is 13.8. The number of fused-ring (bicyclic) bond motifs is 1. The molecule has 1 aromatic carbocycles. The molecule has 0 aromatic heterocycles. The lowest BCUT2D eigenvalue weighted by atomic mass is 9.90. The van der Waals surface area contributed by atoms with Crippen LogP contribution in [0.15, 0.2) is 29.3 Å². The first-order valence-electron chi connectivity index (χ1n) is 6.01. The SMILES string of the molecule is OC1CCC2N=C(c3cccc(Cl)c3)NC2C1. The Kier molecular flexibility index (Phi) is 2.81. The number of benzene rings is 1. The summed E-state index contributed by atoms with van der Waals surface area (Å²) in [4.78, 5) is 4.69. The highest BCUT2D eigenvalue weighted by molar-refractivity contribution is 6.31. The molecule has 1 aromatic rings. The molecule has 90 valence electrons. The van der Waals surface area contributed by atoms with E-state index in [9.17, 15) is 5.11 Å². The first-order chi connectivity index (χ1) is 8.22. The van der Waals surface area contributed by atoms with Crippen LogP contribution in [-0.4, -0.2) is 29.1 Å². The Morgan fingerprint density at radius 1 is 1.35 bits per heavy atom. The summed E-state index contributed by atoms with van der Waals surface area (Å²) in [5.41, 5.74) is 1.03. The van der Waals surface area contributed by atoms with Gasteiger partial charge in [-0.3, -0.25) is 4.99 Å². The van der Waals surface area contributed by atoms with E-state index in [1.54, 1.807) is 0 Å². The van der Waals surface area contributed by atoms with Gasteiger partial charge in [-0.15, -0.1) is 0 Å². The minimum Gasteiger partial charge on any atom is -0.393 e. The van der Waals surface area contributed by atoms with Crippen molar-refractivity contribution in [3.63, 3.8) is 0 Å². The predicted molar refractivity (Wildman–Crippen MR) is 68.6 cm³/mol. The van der Waals surface area contributed by atoms with E-state index >= 15 is 0 Å². The highest BCUT2D eigenvalue weighted by atomic mass is 35.5. The van der Waals surface area contributed by atoms with Crippen LogP contribution in [0.25, 0.3) is 0 Å². The van der Waals surface area contributed by atoms with Gasteiger partial charge in [0.05, 0.1) is 18.2 Å². The lowest BCUT2D eigenvalue weighted by molar-refractivity contribution is 0.112. The van der Waals surface area contributed by atoms with Crippen LogP contribution in [-0.2, 0) is 0 Å². The Labute approximate surface area is 106 Å². The molecule has 4 heteroatoms. The number of amidine groups is 1. The topological polar surface area (TPSA) is 44.6 Å². The second-order valence-electron chi connectivity index (χ2n) is 4.77. The first-order valence-corrected chi connectivity index (χ1v) is 6.38. The summed E-state index contributed by atoms with van der Waals surface area (Å²) < 4.78 is 0. The van der Waals surface area contributed by atoms with Gasteiger partial charge in [-0.05, 0) is 31.4 Å². The second kappa shape index (κ2) is 4.31. The molecule has 0 spiro atoms. The molecule has 17 heavy (non-hydrogen) atoms. The molecule has 0 bridgehead atoms. The third-order valence-electron chi connectivity index (χ3n) is 3.50. The standard InChI is InChI=1S/C13H15ClN2O/c14-9-3-1-2-8(6-9)13-15-11-5-4-10(17)7-12(11)16-13/h1-3,6,10-12,17H,4-5,7H2,(H,15,16). The van der Waals surface area contributed by atoms with Gasteiger partial charge in [-0.25, -0.2) is 0 Å². The van der Waals surface area contributed by atoms with Crippen LogP contribution >= 0.6 is 11.6 Å². The summed E-state index contributed by atoms with van der Waals surface area (Å²) in [6.07, 6.45) is 2.42. The fourth-order valence-corrected chi connectivity index (χ4v) is 2.80. The van der Waals surface area contributed by atoms with Crippen LogP contribution in [0.4, 0.5) is 0 Å². The van der Waals surface area contributed by atoms with E-state index in [0.29, 0.717) is 6.04 Å². The number of hydrogen-bond donors (Lipinski definition) is 2. The quantitative estimate of drug-likeness (QED) is 0.801. The third kappa shape index (κ3) is 2.17. The van der Waals surface area contributed by atoms with Gasteiger partial charge in [0.2, 0.25) is 0 Å². The summed E-state index contributed by atoms with van der Waals surface area (Å²) >= 11 is 5.98. The van der Waals surface area contributed by atoms with E-state index in [1.807, 2.05) is 24.3 Å². The highest BCUT2D eigenvalue weighted by Gasteiger charge is 2.34. The Morgan fingerprint density at radius 2 is 2.24 bits per heavy atom. The number of aliphatic hydroxyl groups excluding tert-OH is 1. The van der Waals surface area contributed by atoms with Crippen molar-refractivity contribution < 1.29 is 5.11 Å². The van der Waals surface area contributed by atoms with E-state index in [2.05, 4.69) is 5.32 Å². The molecule has 3 rings (SSSR count). The maximum absolute atomic E-state index is 9.65. The van der Waals surface area contributed by atoms with Crippen LogP contribution in [0.3, 0.4) is 0 Å². The minimum absolute atomic E-state index is 0.183. The molecule has 1 aliphatic carbocycles. The van der Waals surface area contributed by atoms with Crippen molar-refractivity contribution in [2.45, 2.75) is 37.5 Å². The van der Waals surface area contributed by atoms with Crippen molar-refractivity contribution in [1.82, 2.24) is 5.32 Å². The molecule has 0 radical (unpaired) electrons. The van der Waals surface area contributed by atoms with Gasteiger partial charge in [-0.1, -0.05) is 23.7 Å².